The van der Waals surface area contributed by atoms with Crippen molar-refractivity contribution in [1.82, 2.24) is 0 Å². The van der Waals surface area contributed by atoms with Gasteiger partial charge in [-0.3, -0.25) is 4.72 Å². The van der Waals surface area contributed by atoms with E-state index in [0.29, 0.717) is 5.56 Å². The molecule has 0 aliphatic heterocycles. The Balaban J connectivity index is 2.21. The van der Waals surface area contributed by atoms with E-state index in [2.05, 4.69) is 4.72 Å². The summed E-state index contributed by atoms with van der Waals surface area (Å²) in [4.78, 5) is 0.0717. The van der Waals surface area contributed by atoms with Gasteiger partial charge in [0.05, 0.1) is 10.6 Å². The molecule has 112 valence electrons. The Kier molecular flexibility index (Phi) is 4.34. The topological polar surface area (TPSA) is 80.3 Å². The van der Waals surface area contributed by atoms with Gasteiger partial charge in [0.2, 0.25) is 10.0 Å². The maximum atomic E-state index is 12.1. The Bertz CT molecular complexity index is 828. The van der Waals surface area contributed by atoms with Gasteiger partial charge < -0.3 is 0 Å². The predicted octanol–water partition coefficient (Wildman–Crippen LogP) is 2.03. The van der Waals surface area contributed by atoms with E-state index in [1.165, 1.54) is 24.3 Å². The molecule has 21 heavy (non-hydrogen) atoms. The first-order chi connectivity index (χ1) is 9.76. The van der Waals surface area contributed by atoms with Gasteiger partial charge in [-0.05, 0) is 23.8 Å². The summed E-state index contributed by atoms with van der Waals surface area (Å²) in [5.41, 5.74) is 0.887. The van der Waals surface area contributed by atoms with Gasteiger partial charge in [0.15, 0.2) is 9.84 Å². The summed E-state index contributed by atoms with van der Waals surface area (Å²) >= 11 is 0. The molecule has 0 saturated heterocycles. The highest BCUT2D eigenvalue weighted by Crippen LogP contribution is 2.17. The molecule has 0 atom stereocenters. The third-order valence-electron chi connectivity index (χ3n) is 2.74. The van der Waals surface area contributed by atoms with Crippen molar-refractivity contribution < 1.29 is 16.8 Å². The minimum atomic E-state index is -3.59. The van der Waals surface area contributed by atoms with Crippen LogP contribution in [0.15, 0.2) is 59.5 Å². The predicted molar refractivity (Wildman–Crippen MR) is 82.2 cm³/mol. The number of hydrogen-bond acceptors (Lipinski definition) is 4. The Morgan fingerprint density at radius 3 is 2.19 bits per heavy atom. The van der Waals surface area contributed by atoms with Crippen molar-refractivity contribution in [2.24, 2.45) is 0 Å². The van der Waals surface area contributed by atoms with Crippen LogP contribution in [0.1, 0.15) is 5.56 Å². The maximum Gasteiger partial charge on any atom is 0.236 e. The molecule has 0 saturated carbocycles. The van der Waals surface area contributed by atoms with Crippen LogP contribution in [0.5, 0.6) is 0 Å². The normalized spacial score (nSPS) is 12.0. The lowest BCUT2D eigenvalue weighted by Gasteiger charge is -2.09. The van der Waals surface area contributed by atoms with Gasteiger partial charge in [0.25, 0.3) is 0 Å². The molecule has 0 unspecified atom stereocenters. The molecule has 0 bridgehead atoms. The molecule has 5 nitrogen and oxygen atoms in total. The Morgan fingerprint density at radius 1 is 0.905 bits per heavy atom. The SMILES string of the molecule is CS(=O)(=O)c1cccc(NS(=O)(=O)Cc2ccccc2)c1. The Hall–Kier alpha value is -1.86. The lowest BCUT2D eigenvalue weighted by atomic mass is 10.2. The number of anilines is 1. The van der Waals surface area contributed by atoms with Gasteiger partial charge in [-0.15, -0.1) is 0 Å². The van der Waals surface area contributed by atoms with Crippen LogP contribution in [0.4, 0.5) is 5.69 Å². The van der Waals surface area contributed by atoms with Crippen LogP contribution in [0.2, 0.25) is 0 Å². The standard InChI is InChI=1S/C14H15NO4S2/c1-20(16,17)14-9-5-8-13(10-14)15-21(18,19)11-12-6-3-2-4-7-12/h2-10,15H,11H2,1H3. The largest absolute Gasteiger partial charge is 0.283 e. The van der Waals surface area contributed by atoms with E-state index in [-0.39, 0.29) is 16.3 Å². The van der Waals surface area contributed by atoms with E-state index in [4.69, 9.17) is 0 Å². The summed E-state index contributed by atoms with van der Waals surface area (Å²) in [6.07, 6.45) is 1.07. The molecule has 0 amide bonds. The molecule has 0 aromatic heterocycles. The summed E-state index contributed by atoms with van der Waals surface area (Å²) < 4.78 is 49.5. The molecule has 7 heteroatoms. The summed E-state index contributed by atoms with van der Waals surface area (Å²) in [6.45, 7) is 0. The van der Waals surface area contributed by atoms with Gasteiger partial charge in [0.1, 0.15) is 0 Å². The van der Waals surface area contributed by atoms with Crippen LogP contribution in [0.3, 0.4) is 0 Å². The first-order valence-corrected chi connectivity index (χ1v) is 9.65. The Morgan fingerprint density at radius 2 is 1.57 bits per heavy atom. The van der Waals surface area contributed by atoms with Crippen LogP contribution in [0, 0.1) is 0 Å². The molecule has 0 aliphatic carbocycles. The fraction of sp³-hybridized carbons (Fsp3) is 0.143. The third-order valence-corrected chi connectivity index (χ3v) is 5.11. The van der Waals surface area contributed by atoms with Crippen LogP contribution in [0.25, 0.3) is 0 Å². The molecule has 2 rings (SSSR count). The molecule has 0 fully saturated rings. The van der Waals surface area contributed by atoms with Crippen molar-refractivity contribution in [3.05, 3.63) is 60.2 Å². The van der Waals surface area contributed by atoms with E-state index in [0.717, 1.165) is 6.26 Å². The van der Waals surface area contributed by atoms with Gasteiger partial charge in [-0.1, -0.05) is 36.4 Å². The maximum absolute atomic E-state index is 12.1. The van der Waals surface area contributed by atoms with Gasteiger partial charge >= 0.3 is 0 Å². The number of nitrogens with one attached hydrogen (secondary N) is 1. The molecular weight excluding hydrogens is 310 g/mol. The summed E-state index contributed by atoms with van der Waals surface area (Å²) in [5.74, 6) is -0.170. The molecule has 2 aromatic rings. The highest BCUT2D eigenvalue weighted by Gasteiger charge is 2.13. The fourth-order valence-corrected chi connectivity index (χ4v) is 3.66. The van der Waals surface area contributed by atoms with Crippen molar-refractivity contribution in [3.8, 4) is 0 Å². The lowest BCUT2D eigenvalue weighted by molar-refractivity contribution is 0.598. The van der Waals surface area contributed by atoms with Crippen molar-refractivity contribution in [1.29, 1.82) is 0 Å². The molecule has 0 aliphatic rings. The zero-order valence-electron chi connectivity index (χ0n) is 11.4. The molecule has 0 spiro atoms. The summed E-state index contributed by atoms with van der Waals surface area (Å²) in [7, 11) is -6.97. The highest BCUT2D eigenvalue weighted by molar-refractivity contribution is 7.92. The summed E-state index contributed by atoms with van der Waals surface area (Å²) in [6, 6.07) is 14.5. The molecule has 2 aromatic carbocycles. The molecule has 0 heterocycles. The quantitative estimate of drug-likeness (QED) is 0.912. The second kappa shape index (κ2) is 5.87. The van der Waals surface area contributed by atoms with Crippen LogP contribution < -0.4 is 4.72 Å². The van der Waals surface area contributed by atoms with E-state index in [9.17, 15) is 16.8 Å². The first kappa shape index (κ1) is 15.5. The fourth-order valence-electron chi connectivity index (χ4n) is 1.80. The number of sulfone groups is 1. The number of benzene rings is 2. The molecular formula is C14H15NO4S2. The average Bonchev–Trinajstić information content (AvgIpc) is 2.38. The Labute approximate surface area is 124 Å². The van der Waals surface area contributed by atoms with Crippen molar-refractivity contribution in [2.75, 3.05) is 11.0 Å². The lowest BCUT2D eigenvalue weighted by Crippen LogP contribution is -2.15. The van der Waals surface area contributed by atoms with Gasteiger partial charge in [-0.25, -0.2) is 16.8 Å². The van der Waals surface area contributed by atoms with E-state index in [1.54, 1.807) is 30.3 Å². The number of sulfonamides is 1. The highest BCUT2D eigenvalue weighted by atomic mass is 32.2. The minimum absolute atomic E-state index is 0.0717. The average molecular weight is 325 g/mol. The second-order valence-electron chi connectivity index (χ2n) is 4.65. The zero-order chi connectivity index (χ0) is 15.5. The molecule has 0 radical (unpaired) electrons. The van der Waals surface area contributed by atoms with E-state index < -0.39 is 19.9 Å². The van der Waals surface area contributed by atoms with Crippen LogP contribution in [-0.2, 0) is 25.6 Å². The van der Waals surface area contributed by atoms with Crippen LogP contribution in [-0.4, -0.2) is 23.1 Å². The smallest absolute Gasteiger partial charge is 0.236 e. The monoisotopic (exact) mass is 325 g/mol. The van der Waals surface area contributed by atoms with Crippen molar-refractivity contribution in [2.45, 2.75) is 10.6 Å². The zero-order valence-corrected chi connectivity index (χ0v) is 13.0. The minimum Gasteiger partial charge on any atom is -0.283 e. The first-order valence-electron chi connectivity index (χ1n) is 6.11. The van der Waals surface area contributed by atoms with Crippen molar-refractivity contribution in [3.63, 3.8) is 0 Å². The van der Waals surface area contributed by atoms with Crippen molar-refractivity contribution >= 4 is 25.5 Å². The molecule has 1 N–H and O–H groups in total. The second-order valence-corrected chi connectivity index (χ2v) is 8.38. The van der Waals surface area contributed by atoms with E-state index in [1.807, 2.05) is 0 Å². The number of rotatable bonds is 5. The van der Waals surface area contributed by atoms with Gasteiger partial charge in [0, 0.05) is 11.9 Å². The summed E-state index contributed by atoms with van der Waals surface area (Å²) in [5, 5.41) is 0. The van der Waals surface area contributed by atoms with E-state index >= 15 is 0 Å². The number of hydrogen-bond donors (Lipinski definition) is 1. The third kappa shape index (κ3) is 4.57. The van der Waals surface area contributed by atoms with Crippen LogP contribution >= 0.6 is 0 Å². The van der Waals surface area contributed by atoms with Gasteiger partial charge in [-0.2, -0.15) is 0 Å².